The number of amides is 1. The Hall–Kier alpha value is -2.70. The normalized spacial score (nSPS) is 11.0. The van der Waals surface area contributed by atoms with E-state index in [4.69, 9.17) is 20.8 Å². The van der Waals surface area contributed by atoms with Gasteiger partial charge < -0.3 is 14.5 Å². The van der Waals surface area contributed by atoms with Gasteiger partial charge >= 0.3 is 0 Å². The van der Waals surface area contributed by atoms with Crippen LogP contribution in [0.3, 0.4) is 0 Å². The van der Waals surface area contributed by atoms with Gasteiger partial charge in [0, 0.05) is 23.0 Å². The Balaban J connectivity index is 1.56. The molecule has 0 radical (unpaired) electrons. The van der Waals surface area contributed by atoms with E-state index < -0.39 is 0 Å². The molecule has 0 saturated carbocycles. The molecule has 1 N–H and O–H groups in total. The Kier molecular flexibility index (Phi) is 4.92. The molecule has 0 fully saturated rings. The third-order valence-corrected chi connectivity index (χ3v) is 5.19. The molecule has 0 aliphatic rings. The molecule has 0 unspecified atom stereocenters. The van der Waals surface area contributed by atoms with Crippen molar-refractivity contribution in [3.63, 3.8) is 0 Å². The number of ether oxygens (including phenoxy) is 1. The van der Waals surface area contributed by atoms with Crippen LogP contribution in [0.2, 0.25) is 5.02 Å². The molecular formula is C20H15ClN2O3S. The van der Waals surface area contributed by atoms with E-state index in [1.165, 1.54) is 11.8 Å². The SMILES string of the molecule is COc1cc2c(cc1NC(=O)CSc1ccc(Cl)cn1)oc1ccccc12. The third-order valence-electron chi connectivity index (χ3n) is 4.02. The van der Waals surface area contributed by atoms with Crippen LogP contribution in [-0.4, -0.2) is 23.8 Å². The van der Waals surface area contributed by atoms with Crippen LogP contribution < -0.4 is 10.1 Å². The zero-order valence-corrected chi connectivity index (χ0v) is 15.9. The van der Waals surface area contributed by atoms with E-state index in [1.807, 2.05) is 30.3 Å². The van der Waals surface area contributed by atoms with E-state index in [0.29, 0.717) is 22.0 Å². The van der Waals surface area contributed by atoms with Gasteiger partial charge in [0.05, 0.1) is 28.6 Å². The number of aromatic nitrogens is 1. The number of furan rings is 1. The number of para-hydroxylation sites is 1. The van der Waals surface area contributed by atoms with Gasteiger partial charge in [-0.15, -0.1) is 0 Å². The Morgan fingerprint density at radius 2 is 2.04 bits per heavy atom. The van der Waals surface area contributed by atoms with Crippen LogP contribution in [-0.2, 0) is 4.79 Å². The average molecular weight is 399 g/mol. The molecule has 0 spiro atoms. The molecule has 0 bridgehead atoms. The second-order valence-electron chi connectivity index (χ2n) is 5.80. The lowest BCUT2D eigenvalue weighted by molar-refractivity contribution is -0.113. The number of nitrogens with zero attached hydrogens (tertiary/aromatic N) is 1. The number of benzene rings is 2. The number of carbonyl (C=O) groups excluding carboxylic acids is 1. The summed E-state index contributed by atoms with van der Waals surface area (Å²) in [7, 11) is 1.57. The van der Waals surface area contributed by atoms with Gasteiger partial charge in [-0.2, -0.15) is 0 Å². The van der Waals surface area contributed by atoms with Crippen molar-refractivity contribution in [2.45, 2.75) is 5.03 Å². The summed E-state index contributed by atoms with van der Waals surface area (Å²) in [5.41, 5.74) is 2.06. The number of hydrogen-bond acceptors (Lipinski definition) is 5. The highest BCUT2D eigenvalue weighted by Crippen LogP contribution is 2.36. The van der Waals surface area contributed by atoms with Gasteiger partial charge in [0.1, 0.15) is 16.9 Å². The largest absolute Gasteiger partial charge is 0.495 e. The monoisotopic (exact) mass is 398 g/mol. The number of pyridine rings is 1. The van der Waals surface area contributed by atoms with Gasteiger partial charge in [0.15, 0.2) is 0 Å². The maximum Gasteiger partial charge on any atom is 0.234 e. The first-order chi connectivity index (χ1) is 13.1. The molecule has 136 valence electrons. The lowest BCUT2D eigenvalue weighted by Gasteiger charge is -2.10. The van der Waals surface area contributed by atoms with Crippen molar-refractivity contribution in [1.82, 2.24) is 4.98 Å². The molecule has 0 aliphatic carbocycles. The van der Waals surface area contributed by atoms with Gasteiger partial charge in [-0.1, -0.05) is 41.6 Å². The predicted octanol–water partition coefficient (Wildman–Crippen LogP) is 5.37. The molecule has 1 amide bonds. The number of fused-ring (bicyclic) bond motifs is 3. The third kappa shape index (κ3) is 3.72. The fraction of sp³-hybridized carbons (Fsp3) is 0.100. The summed E-state index contributed by atoms with van der Waals surface area (Å²) in [5.74, 6) is 0.637. The molecule has 5 nitrogen and oxygen atoms in total. The van der Waals surface area contributed by atoms with Crippen molar-refractivity contribution in [1.29, 1.82) is 0 Å². The smallest absolute Gasteiger partial charge is 0.234 e. The number of methoxy groups -OCH3 is 1. The predicted molar refractivity (Wildman–Crippen MR) is 109 cm³/mol. The van der Waals surface area contributed by atoms with Gasteiger partial charge in [-0.3, -0.25) is 4.79 Å². The number of thioether (sulfide) groups is 1. The van der Waals surface area contributed by atoms with Crippen LogP contribution in [0.1, 0.15) is 0 Å². The maximum absolute atomic E-state index is 12.4. The highest BCUT2D eigenvalue weighted by Gasteiger charge is 2.14. The summed E-state index contributed by atoms with van der Waals surface area (Å²) in [6.07, 6.45) is 1.56. The van der Waals surface area contributed by atoms with E-state index in [2.05, 4.69) is 10.3 Å². The van der Waals surface area contributed by atoms with Gasteiger partial charge in [0.2, 0.25) is 5.91 Å². The number of nitrogens with one attached hydrogen (secondary N) is 1. The Morgan fingerprint density at radius 1 is 1.19 bits per heavy atom. The molecule has 27 heavy (non-hydrogen) atoms. The number of carbonyl (C=O) groups is 1. The van der Waals surface area contributed by atoms with Crippen LogP contribution in [0.25, 0.3) is 21.9 Å². The molecule has 0 saturated heterocycles. The fourth-order valence-electron chi connectivity index (χ4n) is 2.79. The van der Waals surface area contributed by atoms with Crippen molar-refractivity contribution in [2.75, 3.05) is 18.2 Å². The number of anilines is 1. The zero-order chi connectivity index (χ0) is 18.8. The molecule has 2 heterocycles. The standard InChI is InChI=1S/C20H15ClN2O3S/c1-25-18-8-14-13-4-2-3-5-16(13)26-17(14)9-15(18)23-19(24)11-27-20-7-6-12(21)10-22-20/h2-10H,11H2,1H3,(H,23,24). The molecule has 2 aromatic heterocycles. The Bertz CT molecular complexity index is 1130. The Labute approximate surface area is 164 Å². The van der Waals surface area contributed by atoms with E-state index in [9.17, 15) is 4.79 Å². The van der Waals surface area contributed by atoms with Crippen LogP contribution in [0, 0.1) is 0 Å². The number of hydrogen-bond donors (Lipinski definition) is 1. The van der Waals surface area contributed by atoms with E-state index in [0.717, 1.165) is 21.4 Å². The summed E-state index contributed by atoms with van der Waals surface area (Å²) < 4.78 is 11.3. The van der Waals surface area contributed by atoms with E-state index in [1.54, 1.807) is 31.5 Å². The molecule has 2 aromatic carbocycles. The molecule has 0 aliphatic heterocycles. The quantitative estimate of drug-likeness (QED) is 0.457. The topological polar surface area (TPSA) is 64.4 Å². The van der Waals surface area contributed by atoms with Crippen molar-refractivity contribution >= 4 is 56.9 Å². The maximum atomic E-state index is 12.4. The first-order valence-electron chi connectivity index (χ1n) is 8.17. The minimum Gasteiger partial charge on any atom is -0.495 e. The molecule has 0 atom stereocenters. The molecular weight excluding hydrogens is 384 g/mol. The molecule has 4 rings (SSSR count). The highest BCUT2D eigenvalue weighted by molar-refractivity contribution is 7.99. The van der Waals surface area contributed by atoms with Crippen molar-refractivity contribution < 1.29 is 13.9 Å². The minimum absolute atomic E-state index is 0.162. The summed E-state index contributed by atoms with van der Waals surface area (Å²) in [4.78, 5) is 16.5. The lowest BCUT2D eigenvalue weighted by Crippen LogP contribution is -2.14. The number of rotatable bonds is 5. The second-order valence-corrected chi connectivity index (χ2v) is 7.23. The first kappa shape index (κ1) is 17.7. The highest BCUT2D eigenvalue weighted by atomic mass is 35.5. The summed E-state index contributed by atoms with van der Waals surface area (Å²) >= 11 is 7.15. The van der Waals surface area contributed by atoms with E-state index >= 15 is 0 Å². The van der Waals surface area contributed by atoms with Gasteiger partial charge in [-0.05, 0) is 24.3 Å². The minimum atomic E-state index is -0.162. The van der Waals surface area contributed by atoms with E-state index in [-0.39, 0.29) is 11.7 Å². The first-order valence-corrected chi connectivity index (χ1v) is 9.54. The van der Waals surface area contributed by atoms with Crippen LogP contribution in [0.15, 0.2) is 64.2 Å². The average Bonchev–Trinajstić information content (AvgIpc) is 3.04. The zero-order valence-electron chi connectivity index (χ0n) is 14.4. The summed E-state index contributed by atoms with van der Waals surface area (Å²) in [6.45, 7) is 0. The second kappa shape index (κ2) is 7.50. The number of halogens is 1. The Morgan fingerprint density at radius 3 is 2.81 bits per heavy atom. The molecule has 7 heteroatoms. The van der Waals surface area contributed by atoms with Crippen LogP contribution >= 0.6 is 23.4 Å². The van der Waals surface area contributed by atoms with Crippen molar-refractivity contribution in [3.8, 4) is 5.75 Å². The van der Waals surface area contributed by atoms with Crippen LogP contribution in [0.5, 0.6) is 5.75 Å². The summed E-state index contributed by atoms with van der Waals surface area (Å²) in [5, 5.41) is 6.13. The van der Waals surface area contributed by atoms with Crippen LogP contribution in [0.4, 0.5) is 5.69 Å². The van der Waals surface area contributed by atoms with Gasteiger partial charge in [-0.25, -0.2) is 4.98 Å². The summed E-state index contributed by atoms with van der Waals surface area (Å²) in [6, 6.07) is 15.0. The van der Waals surface area contributed by atoms with Crippen molar-refractivity contribution in [3.05, 3.63) is 59.8 Å². The lowest BCUT2D eigenvalue weighted by atomic mass is 10.1. The van der Waals surface area contributed by atoms with Gasteiger partial charge in [0.25, 0.3) is 0 Å². The fourth-order valence-corrected chi connectivity index (χ4v) is 3.55. The van der Waals surface area contributed by atoms with Crippen molar-refractivity contribution in [2.24, 2.45) is 0 Å². The molecule has 4 aromatic rings.